The third-order valence-corrected chi connectivity index (χ3v) is 5.02. The van der Waals surface area contributed by atoms with Crippen molar-refractivity contribution >= 4 is 11.8 Å². The average Bonchev–Trinajstić information content (AvgIpc) is 2.59. The molecular weight excluding hydrogens is 334 g/mol. The van der Waals surface area contributed by atoms with Crippen LogP contribution in [0.2, 0.25) is 0 Å². The van der Waals surface area contributed by atoms with E-state index in [4.69, 9.17) is 0 Å². The fourth-order valence-electron chi connectivity index (χ4n) is 3.44. The second-order valence-electron chi connectivity index (χ2n) is 7.45. The van der Waals surface area contributed by atoms with Crippen molar-refractivity contribution in [2.45, 2.75) is 47.0 Å². The highest BCUT2D eigenvalue weighted by Crippen LogP contribution is 2.41. The van der Waals surface area contributed by atoms with Gasteiger partial charge in [0.1, 0.15) is 11.6 Å². The molecule has 1 aromatic rings. The first kappa shape index (κ1) is 20.1. The maximum atomic E-state index is 14.7. The van der Waals surface area contributed by atoms with Crippen molar-refractivity contribution in [1.29, 1.82) is 0 Å². The van der Waals surface area contributed by atoms with Crippen LogP contribution in [0, 0.1) is 11.2 Å². The molecule has 2 rings (SSSR count). The zero-order valence-electron chi connectivity index (χ0n) is 16.1. The molecule has 0 atom stereocenters. The van der Waals surface area contributed by atoms with Gasteiger partial charge in [0.2, 0.25) is 0 Å². The molecule has 1 aliphatic carbocycles. The molecule has 26 heavy (non-hydrogen) atoms. The summed E-state index contributed by atoms with van der Waals surface area (Å²) in [5.41, 5.74) is 2.84. The lowest BCUT2D eigenvalue weighted by Crippen LogP contribution is -2.19. The van der Waals surface area contributed by atoms with Crippen LogP contribution in [0.5, 0.6) is 0 Å². The summed E-state index contributed by atoms with van der Waals surface area (Å²) in [5.74, 6) is -2.08. The van der Waals surface area contributed by atoms with E-state index in [0.29, 0.717) is 5.57 Å². The minimum atomic E-state index is -0.786. The Balaban J connectivity index is 2.34. The normalized spacial score (nSPS) is 18.1. The van der Waals surface area contributed by atoms with Crippen molar-refractivity contribution < 1.29 is 18.3 Å². The Morgan fingerprint density at radius 1 is 1.31 bits per heavy atom. The van der Waals surface area contributed by atoms with Crippen LogP contribution in [0.1, 0.15) is 62.9 Å². The van der Waals surface area contributed by atoms with Gasteiger partial charge in [0.15, 0.2) is 0 Å². The molecule has 0 saturated carbocycles. The smallest absolute Gasteiger partial charge is 0.337 e. The maximum absolute atomic E-state index is 14.7. The number of esters is 1. The van der Waals surface area contributed by atoms with Gasteiger partial charge in [-0.15, -0.1) is 0 Å². The van der Waals surface area contributed by atoms with Crippen molar-refractivity contribution in [3.8, 4) is 0 Å². The molecule has 0 aromatic heterocycles. The lowest BCUT2D eigenvalue weighted by atomic mass is 9.72. The first-order valence-corrected chi connectivity index (χ1v) is 8.80. The molecule has 0 unspecified atom stereocenters. The molecule has 0 amide bonds. The predicted molar refractivity (Wildman–Crippen MR) is 101 cm³/mol. The third kappa shape index (κ3) is 4.29. The largest absolute Gasteiger partial charge is 0.465 e. The Kier molecular flexibility index (Phi) is 6.17. The SMILES string of the molecule is COC(=O)c1ccc(/C(F)=C(C)/C=C/C2=C(C)CCCC2(C)C)c(F)c1. The second-order valence-corrected chi connectivity index (χ2v) is 7.45. The molecule has 140 valence electrons. The standard InChI is InChI=1S/C22H26F2O2/c1-14-7-6-12-22(3,4)18(14)11-8-15(2)20(24)17-10-9-16(13-19(17)23)21(25)26-5/h8-11,13H,6-7,12H2,1-5H3/b11-8+,20-15-. The van der Waals surface area contributed by atoms with E-state index >= 15 is 0 Å². The highest BCUT2D eigenvalue weighted by molar-refractivity contribution is 5.89. The topological polar surface area (TPSA) is 26.3 Å². The number of methoxy groups -OCH3 is 1. The number of ether oxygens (including phenoxy) is 1. The van der Waals surface area contributed by atoms with Gasteiger partial charge in [-0.3, -0.25) is 0 Å². The molecule has 0 heterocycles. The first-order chi connectivity index (χ1) is 12.2. The van der Waals surface area contributed by atoms with Crippen molar-refractivity contribution in [2.24, 2.45) is 5.41 Å². The number of hydrogen-bond acceptors (Lipinski definition) is 2. The van der Waals surface area contributed by atoms with Crippen molar-refractivity contribution in [3.63, 3.8) is 0 Å². The Morgan fingerprint density at radius 2 is 2.00 bits per heavy atom. The molecule has 0 aliphatic heterocycles. The van der Waals surface area contributed by atoms with Gasteiger partial charge in [-0.2, -0.15) is 0 Å². The fourth-order valence-corrected chi connectivity index (χ4v) is 3.44. The fraction of sp³-hybridized carbons (Fsp3) is 0.409. The predicted octanol–water partition coefficient (Wildman–Crippen LogP) is 6.40. The summed E-state index contributed by atoms with van der Waals surface area (Å²) in [6.07, 6.45) is 6.97. The van der Waals surface area contributed by atoms with Gasteiger partial charge in [0.25, 0.3) is 0 Å². The molecule has 1 aliphatic rings. The van der Waals surface area contributed by atoms with E-state index in [-0.39, 0.29) is 16.5 Å². The van der Waals surface area contributed by atoms with Crippen LogP contribution in [0.3, 0.4) is 0 Å². The minimum absolute atomic E-state index is 0.0551. The van der Waals surface area contributed by atoms with Gasteiger partial charge in [0.05, 0.1) is 12.7 Å². The van der Waals surface area contributed by atoms with E-state index in [9.17, 15) is 13.6 Å². The second kappa shape index (κ2) is 7.98. The van der Waals surface area contributed by atoms with Crippen molar-refractivity contribution in [1.82, 2.24) is 0 Å². The van der Waals surface area contributed by atoms with E-state index in [1.54, 1.807) is 13.0 Å². The molecule has 0 saturated heterocycles. The molecule has 0 bridgehead atoms. The number of rotatable bonds is 4. The van der Waals surface area contributed by atoms with Crippen LogP contribution in [0.15, 0.2) is 47.1 Å². The van der Waals surface area contributed by atoms with Crippen LogP contribution < -0.4 is 0 Å². The summed E-state index contributed by atoms with van der Waals surface area (Å²) in [6, 6.07) is 3.62. The highest BCUT2D eigenvalue weighted by Gasteiger charge is 2.26. The monoisotopic (exact) mass is 360 g/mol. The van der Waals surface area contributed by atoms with Gasteiger partial charge in [0, 0.05) is 5.56 Å². The van der Waals surface area contributed by atoms with E-state index < -0.39 is 17.6 Å². The maximum Gasteiger partial charge on any atom is 0.337 e. The summed E-state index contributed by atoms with van der Waals surface area (Å²) in [7, 11) is 1.22. The molecule has 2 nitrogen and oxygen atoms in total. The van der Waals surface area contributed by atoms with Gasteiger partial charge in [-0.1, -0.05) is 31.6 Å². The molecule has 4 heteroatoms. The molecule has 0 N–H and O–H groups in total. The third-order valence-electron chi connectivity index (χ3n) is 5.02. The lowest BCUT2D eigenvalue weighted by Gasteiger charge is -2.33. The van der Waals surface area contributed by atoms with Crippen LogP contribution in [0.25, 0.3) is 5.83 Å². The van der Waals surface area contributed by atoms with Crippen molar-refractivity contribution in [2.75, 3.05) is 7.11 Å². The summed E-state index contributed by atoms with van der Waals surface area (Å²) in [6.45, 7) is 8.11. The van der Waals surface area contributed by atoms with Gasteiger partial charge in [-0.05, 0) is 67.9 Å². The number of allylic oxidation sites excluding steroid dienone is 5. The average molecular weight is 360 g/mol. The highest BCUT2D eigenvalue weighted by atomic mass is 19.1. The van der Waals surface area contributed by atoms with Gasteiger partial charge in [-0.25, -0.2) is 13.6 Å². The van der Waals surface area contributed by atoms with Crippen LogP contribution >= 0.6 is 0 Å². The molecule has 0 fully saturated rings. The Bertz CT molecular complexity index is 798. The van der Waals surface area contributed by atoms with E-state index in [0.717, 1.165) is 25.3 Å². The minimum Gasteiger partial charge on any atom is -0.465 e. The summed E-state index contributed by atoms with van der Waals surface area (Å²) < 4.78 is 33.5. The number of hydrogen-bond donors (Lipinski definition) is 0. The zero-order chi connectivity index (χ0) is 19.5. The quantitative estimate of drug-likeness (QED) is 0.459. The number of benzene rings is 1. The molecular formula is C22H26F2O2. The van der Waals surface area contributed by atoms with E-state index in [1.807, 2.05) is 6.08 Å². The molecule has 1 aromatic carbocycles. The van der Waals surface area contributed by atoms with Crippen molar-refractivity contribution in [3.05, 3.63) is 64.0 Å². The van der Waals surface area contributed by atoms with Crippen LogP contribution in [-0.4, -0.2) is 13.1 Å². The van der Waals surface area contributed by atoms with Gasteiger partial charge >= 0.3 is 5.97 Å². The number of carbonyl (C=O) groups is 1. The van der Waals surface area contributed by atoms with Gasteiger partial charge < -0.3 is 4.74 Å². The number of halogens is 2. The van der Waals surface area contributed by atoms with Crippen LogP contribution in [0.4, 0.5) is 8.78 Å². The first-order valence-electron chi connectivity index (χ1n) is 8.80. The summed E-state index contributed by atoms with van der Waals surface area (Å²) >= 11 is 0. The Labute approximate surface area is 154 Å². The summed E-state index contributed by atoms with van der Waals surface area (Å²) in [4.78, 5) is 11.4. The van der Waals surface area contributed by atoms with E-state index in [1.165, 1.54) is 30.4 Å². The number of carbonyl (C=O) groups excluding carboxylic acids is 1. The molecule has 0 spiro atoms. The Morgan fingerprint density at radius 3 is 2.58 bits per heavy atom. The molecule has 0 radical (unpaired) electrons. The lowest BCUT2D eigenvalue weighted by molar-refractivity contribution is 0.0600. The zero-order valence-corrected chi connectivity index (χ0v) is 16.1. The van der Waals surface area contributed by atoms with Crippen LogP contribution in [-0.2, 0) is 4.74 Å². The Hall–Kier alpha value is -2.23. The summed E-state index contributed by atoms with van der Waals surface area (Å²) in [5, 5.41) is 0. The van der Waals surface area contributed by atoms with E-state index in [2.05, 4.69) is 25.5 Å².